The second-order valence-corrected chi connectivity index (χ2v) is 7.01. The number of nitrogens with one attached hydrogen (secondary N) is 3. The largest absolute Gasteiger partial charge is 0.351 e. The number of aromatic amines is 1. The molecule has 0 aliphatic carbocycles. The molecule has 0 radical (unpaired) electrons. The summed E-state index contributed by atoms with van der Waals surface area (Å²) in [6.07, 6.45) is 3.63. The molecule has 142 valence electrons. The number of rotatable bonds is 6. The van der Waals surface area contributed by atoms with Crippen molar-refractivity contribution in [3.8, 4) is 0 Å². The Morgan fingerprint density at radius 3 is 2.93 bits per heavy atom. The van der Waals surface area contributed by atoms with Crippen LogP contribution in [0.25, 0.3) is 11.0 Å². The molecule has 0 spiro atoms. The molecule has 1 aromatic carbocycles. The van der Waals surface area contributed by atoms with E-state index >= 15 is 0 Å². The van der Waals surface area contributed by atoms with Gasteiger partial charge >= 0.3 is 0 Å². The summed E-state index contributed by atoms with van der Waals surface area (Å²) in [6, 6.07) is 8.30. The molecular weight excluding hydrogens is 342 g/mol. The molecule has 27 heavy (non-hydrogen) atoms. The third-order valence-corrected chi connectivity index (χ3v) is 5.11. The first kappa shape index (κ1) is 17.7. The summed E-state index contributed by atoms with van der Waals surface area (Å²) < 4.78 is 1.91. The Morgan fingerprint density at radius 1 is 1.30 bits per heavy atom. The van der Waals surface area contributed by atoms with E-state index in [-0.39, 0.29) is 5.91 Å². The Labute approximate surface area is 157 Å². The highest BCUT2D eigenvalue weighted by Crippen LogP contribution is 2.20. The first-order valence-corrected chi connectivity index (χ1v) is 9.56. The van der Waals surface area contributed by atoms with Crippen LogP contribution in [0, 0.1) is 6.92 Å². The van der Waals surface area contributed by atoms with Crippen LogP contribution < -0.4 is 10.6 Å². The van der Waals surface area contributed by atoms with Gasteiger partial charge in [0.1, 0.15) is 5.82 Å². The third kappa shape index (κ3) is 3.85. The van der Waals surface area contributed by atoms with Crippen LogP contribution >= 0.6 is 0 Å². The van der Waals surface area contributed by atoms with Crippen molar-refractivity contribution in [1.82, 2.24) is 35.6 Å². The number of amides is 1. The molecule has 0 bridgehead atoms. The van der Waals surface area contributed by atoms with Gasteiger partial charge in [-0.3, -0.25) is 4.79 Å². The summed E-state index contributed by atoms with van der Waals surface area (Å²) in [7, 11) is 0. The Balaban J connectivity index is 1.29. The molecule has 3 heterocycles. The normalized spacial score (nSPS) is 15.3. The summed E-state index contributed by atoms with van der Waals surface area (Å²) >= 11 is 0. The van der Waals surface area contributed by atoms with Gasteiger partial charge in [0.2, 0.25) is 0 Å². The maximum Gasteiger partial charge on any atom is 0.273 e. The molecule has 1 aliphatic rings. The number of hydrogen-bond acceptors (Lipinski definition) is 5. The first-order valence-electron chi connectivity index (χ1n) is 9.56. The molecule has 8 nitrogen and oxygen atoms in total. The van der Waals surface area contributed by atoms with Crippen molar-refractivity contribution in [3.63, 3.8) is 0 Å². The summed E-state index contributed by atoms with van der Waals surface area (Å²) in [5.41, 5.74) is 3.29. The highest BCUT2D eigenvalue weighted by atomic mass is 16.2. The highest BCUT2D eigenvalue weighted by Gasteiger charge is 2.22. The predicted octanol–water partition coefficient (Wildman–Crippen LogP) is 1.75. The molecule has 3 N–H and O–H groups in total. The van der Waals surface area contributed by atoms with Crippen molar-refractivity contribution in [3.05, 3.63) is 41.5 Å². The maximum atomic E-state index is 12.5. The maximum absolute atomic E-state index is 12.5. The minimum absolute atomic E-state index is 0.155. The fourth-order valence-electron chi connectivity index (χ4n) is 3.61. The van der Waals surface area contributed by atoms with E-state index in [0.29, 0.717) is 18.3 Å². The van der Waals surface area contributed by atoms with Crippen LogP contribution in [-0.2, 0) is 6.42 Å². The van der Waals surface area contributed by atoms with Gasteiger partial charge in [-0.2, -0.15) is 0 Å². The minimum Gasteiger partial charge on any atom is -0.351 e. The molecule has 8 heteroatoms. The quantitative estimate of drug-likeness (QED) is 0.576. The SMILES string of the molecule is Cc1c(C(=O)NCCCc2nc3ccccc3[nH]2)nnn1C1CCNCC1. The zero-order valence-electron chi connectivity index (χ0n) is 15.5. The number of fused-ring (bicyclic) bond motifs is 1. The number of piperidine rings is 1. The summed E-state index contributed by atoms with van der Waals surface area (Å²) in [6.45, 7) is 4.46. The number of benzene rings is 1. The van der Waals surface area contributed by atoms with Crippen molar-refractivity contribution in [1.29, 1.82) is 0 Å². The number of nitrogens with zero attached hydrogens (tertiary/aromatic N) is 4. The van der Waals surface area contributed by atoms with E-state index in [1.807, 2.05) is 35.9 Å². The summed E-state index contributed by atoms with van der Waals surface area (Å²) in [5.74, 6) is 0.788. The number of para-hydroxylation sites is 2. The zero-order valence-corrected chi connectivity index (χ0v) is 15.5. The number of carbonyl (C=O) groups excluding carboxylic acids is 1. The average molecular weight is 367 g/mol. The number of H-pyrrole nitrogens is 1. The molecule has 0 saturated carbocycles. The number of hydrogen-bond donors (Lipinski definition) is 3. The van der Waals surface area contributed by atoms with Crippen LogP contribution in [0.5, 0.6) is 0 Å². The van der Waals surface area contributed by atoms with Gasteiger partial charge in [0, 0.05) is 13.0 Å². The molecule has 1 amide bonds. The van der Waals surface area contributed by atoms with Crippen LogP contribution in [0.15, 0.2) is 24.3 Å². The molecular formula is C19H25N7O. The first-order chi connectivity index (χ1) is 13.2. The smallest absolute Gasteiger partial charge is 0.273 e. The van der Waals surface area contributed by atoms with Gasteiger partial charge in [-0.05, 0) is 51.4 Å². The van der Waals surface area contributed by atoms with Gasteiger partial charge < -0.3 is 15.6 Å². The number of aromatic nitrogens is 5. The zero-order chi connectivity index (χ0) is 18.6. The third-order valence-electron chi connectivity index (χ3n) is 5.11. The van der Waals surface area contributed by atoms with E-state index < -0.39 is 0 Å². The van der Waals surface area contributed by atoms with E-state index in [1.54, 1.807) is 0 Å². The van der Waals surface area contributed by atoms with Gasteiger partial charge in [-0.1, -0.05) is 17.3 Å². The molecule has 0 unspecified atom stereocenters. The molecule has 1 aliphatic heterocycles. The molecule has 1 saturated heterocycles. The molecule has 0 atom stereocenters. The summed E-state index contributed by atoms with van der Waals surface area (Å²) in [4.78, 5) is 20.3. The molecule has 1 fully saturated rings. The van der Waals surface area contributed by atoms with Crippen LogP contribution in [0.2, 0.25) is 0 Å². The standard InChI is InChI=1S/C19H25N7O/c1-13-18(24-25-26(13)14-8-11-20-12-9-14)19(27)21-10-4-7-17-22-15-5-2-3-6-16(15)23-17/h2-3,5-6,14,20H,4,7-12H2,1H3,(H,21,27)(H,22,23). The fraction of sp³-hybridized carbons (Fsp3) is 0.474. The Bertz CT molecular complexity index is 890. The highest BCUT2D eigenvalue weighted by molar-refractivity contribution is 5.93. The second kappa shape index (κ2) is 7.87. The lowest BCUT2D eigenvalue weighted by molar-refractivity contribution is 0.0947. The Morgan fingerprint density at radius 2 is 2.11 bits per heavy atom. The second-order valence-electron chi connectivity index (χ2n) is 7.01. The van der Waals surface area contributed by atoms with Crippen molar-refractivity contribution < 1.29 is 4.79 Å². The number of aryl methyl sites for hydroxylation is 1. The Kier molecular flexibility index (Phi) is 5.15. The van der Waals surface area contributed by atoms with Crippen molar-refractivity contribution in [2.75, 3.05) is 19.6 Å². The minimum atomic E-state index is -0.155. The van der Waals surface area contributed by atoms with Gasteiger partial charge in [0.05, 0.1) is 22.8 Å². The van der Waals surface area contributed by atoms with Crippen LogP contribution in [-0.4, -0.2) is 50.5 Å². The molecule has 4 rings (SSSR count). The molecule has 2 aromatic heterocycles. The van der Waals surface area contributed by atoms with Crippen LogP contribution in [0.1, 0.15) is 47.3 Å². The number of imidazole rings is 1. The topological polar surface area (TPSA) is 101 Å². The predicted molar refractivity (Wildman–Crippen MR) is 103 cm³/mol. The van der Waals surface area contributed by atoms with Crippen molar-refractivity contribution >= 4 is 16.9 Å². The Hall–Kier alpha value is -2.74. The fourth-order valence-corrected chi connectivity index (χ4v) is 3.61. The van der Waals surface area contributed by atoms with E-state index in [4.69, 9.17) is 0 Å². The van der Waals surface area contributed by atoms with Crippen molar-refractivity contribution in [2.45, 2.75) is 38.6 Å². The summed E-state index contributed by atoms with van der Waals surface area (Å²) in [5, 5.41) is 14.6. The van der Waals surface area contributed by atoms with E-state index in [2.05, 4.69) is 30.9 Å². The lowest BCUT2D eigenvalue weighted by atomic mass is 10.1. The van der Waals surface area contributed by atoms with E-state index in [0.717, 1.165) is 61.3 Å². The lowest BCUT2D eigenvalue weighted by Crippen LogP contribution is -2.30. The van der Waals surface area contributed by atoms with Gasteiger partial charge in [0.25, 0.3) is 5.91 Å². The van der Waals surface area contributed by atoms with E-state index in [1.165, 1.54) is 0 Å². The van der Waals surface area contributed by atoms with Gasteiger partial charge in [-0.15, -0.1) is 5.10 Å². The lowest BCUT2D eigenvalue weighted by Gasteiger charge is -2.23. The van der Waals surface area contributed by atoms with Gasteiger partial charge in [-0.25, -0.2) is 9.67 Å². The van der Waals surface area contributed by atoms with Crippen LogP contribution in [0.4, 0.5) is 0 Å². The monoisotopic (exact) mass is 367 g/mol. The average Bonchev–Trinajstić information content (AvgIpc) is 3.29. The number of carbonyl (C=O) groups is 1. The van der Waals surface area contributed by atoms with Crippen LogP contribution in [0.3, 0.4) is 0 Å². The van der Waals surface area contributed by atoms with Gasteiger partial charge in [0.15, 0.2) is 5.69 Å². The van der Waals surface area contributed by atoms with Crippen molar-refractivity contribution in [2.24, 2.45) is 0 Å². The van der Waals surface area contributed by atoms with E-state index in [9.17, 15) is 4.79 Å². The molecule has 3 aromatic rings.